The molecule has 140 valence electrons. The molecule has 0 aromatic heterocycles. The van der Waals surface area contributed by atoms with Crippen molar-refractivity contribution < 1.29 is 19.8 Å². The zero-order valence-electron chi connectivity index (χ0n) is 15.0. The van der Waals surface area contributed by atoms with E-state index in [-0.39, 0.29) is 22.6 Å². The number of rotatable bonds is 6. The molecule has 0 atom stereocenters. The van der Waals surface area contributed by atoms with Gasteiger partial charge in [-0.15, -0.1) is 0 Å². The lowest BCUT2D eigenvalue weighted by Gasteiger charge is -2.12. The van der Waals surface area contributed by atoms with Gasteiger partial charge in [0, 0.05) is 6.54 Å². The lowest BCUT2D eigenvalue weighted by atomic mass is 10.1. The summed E-state index contributed by atoms with van der Waals surface area (Å²) >= 11 is 0.963. The highest BCUT2D eigenvalue weighted by molar-refractivity contribution is 8.18. The number of benzene rings is 2. The number of imide groups is 1. The average molecular weight is 383 g/mol. The van der Waals surface area contributed by atoms with Crippen molar-refractivity contribution in [3.05, 3.63) is 64.1 Å². The normalized spacial score (nSPS) is 15.7. The van der Waals surface area contributed by atoms with Crippen LogP contribution in [0.5, 0.6) is 11.5 Å². The third-order valence-corrected chi connectivity index (χ3v) is 5.35. The Labute approximate surface area is 162 Å². The van der Waals surface area contributed by atoms with Gasteiger partial charge in [-0.3, -0.25) is 14.5 Å². The number of hydrogen-bond acceptors (Lipinski definition) is 5. The van der Waals surface area contributed by atoms with Gasteiger partial charge >= 0.3 is 0 Å². The minimum absolute atomic E-state index is 0.165. The summed E-state index contributed by atoms with van der Waals surface area (Å²) < 4.78 is 0. The van der Waals surface area contributed by atoms with Crippen LogP contribution in [0, 0.1) is 0 Å². The fourth-order valence-corrected chi connectivity index (χ4v) is 3.72. The first-order chi connectivity index (χ1) is 13.0. The van der Waals surface area contributed by atoms with E-state index < -0.39 is 0 Å². The molecule has 1 saturated heterocycles. The number of aryl methyl sites for hydroxylation is 2. The van der Waals surface area contributed by atoms with Gasteiger partial charge in [0.25, 0.3) is 11.1 Å². The van der Waals surface area contributed by atoms with Gasteiger partial charge in [0.15, 0.2) is 11.5 Å². The fraction of sp³-hybridized carbons (Fsp3) is 0.238. The second-order valence-electron chi connectivity index (χ2n) is 6.36. The molecule has 0 bridgehead atoms. The van der Waals surface area contributed by atoms with Crippen LogP contribution >= 0.6 is 11.8 Å². The highest BCUT2D eigenvalue weighted by atomic mass is 32.2. The summed E-state index contributed by atoms with van der Waals surface area (Å²) in [6.07, 6.45) is 3.88. The molecule has 5 nitrogen and oxygen atoms in total. The predicted molar refractivity (Wildman–Crippen MR) is 107 cm³/mol. The molecule has 6 heteroatoms. The summed E-state index contributed by atoms with van der Waals surface area (Å²) in [4.78, 5) is 26.4. The largest absolute Gasteiger partial charge is 0.504 e. The van der Waals surface area contributed by atoms with E-state index in [0.717, 1.165) is 29.3 Å². The van der Waals surface area contributed by atoms with Gasteiger partial charge in [0.2, 0.25) is 0 Å². The van der Waals surface area contributed by atoms with Gasteiger partial charge in [-0.25, -0.2) is 0 Å². The second-order valence-corrected chi connectivity index (χ2v) is 7.35. The number of phenols is 2. The Morgan fingerprint density at radius 3 is 2.37 bits per heavy atom. The van der Waals surface area contributed by atoms with Crippen molar-refractivity contribution in [3.63, 3.8) is 0 Å². The number of carbonyl (C=O) groups is 2. The Bertz CT molecular complexity index is 890. The van der Waals surface area contributed by atoms with Crippen LogP contribution in [-0.4, -0.2) is 32.8 Å². The molecule has 27 heavy (non-hydrogen) atoms. The summed E-state index contributed by atoms with van der Waals surface area (Å²) in [6, 6.07) is 12.6. The maximum Gasteiger partial charge on any atom is 0.293 e. The molecule has 0 aliphatic carbocycles. The zero-order valence-corrected chi connectivity index (χ0v) is 15.8. The molecule has 0 saturated carbocycles. The van der Waals surface area contributed by atoms with E-state index in [1.54, 1.807) is 12.1 Å². The van der Waals surface area contributed by atoms with Gasteiger partial charge < -0.3 is 10.2 Å². The lowest BCUT2D eigenvalue weighted by molar-refractivity contribution is -0.122. The van der Waals surface area contributed by atoms with Crippen molar-refractivity contribution in [1.29, 1.82) is 0 Å². The lowest BCUT2D eigenvalue weighted by Crippen LogP contribution is -2.29. The molecule has 1 aliphatic heterocycles. The fourth-order valence-electron chi connectivity index (χ4n) is 2.86. The Morgan fingerprint density at radius 1 is 1.00 bits per heavy atom. The summed E-state index contributed by atoms with van der Waals surface area (Å²) in [7, 11) is 0. The van der Waals surface area contributed by atoms with Gasteiger partial charge in [0.1, 0.15) is 0 Å². The van der Waals surface area contributed by atoms with Gasteiger partial charge in [-0.1, -0.05) is 37.3 Å². The van der Waals surface area contributed by atoms with Crippen LogP contribution in [0.15, 0.2) is 47.4 Å². The van der Waals surface area contributed by atoms with E-state index >= 15 is 0 Å². The summed E-state index contributed by atoms with van der Waals surface area (Å²) in [5, 5.41) is 18.6. The Kier molecular flexibility index (Phi) is 5.86. The quantitative estimate of drug-likeness (QED) is 0.573. The van der Waals surface area contributed by atoms with E-state index in [1.165, 1.54) is 22.6 Å². The highest BCUT2D eigenvalue weighted by Gasteiger charge is 2.34. The van der Waals surface area contributed by atoms with Crippen LogP contribution in [0.4, 0.5) is 4.79 Å². The van der Waals surface area contributed by atoms with Crippen LogP contribution in [0.3, 0.4) is 0 Å². The van der Waals surface area contributed by atoms with Gasteiger partial charge in [0.05, 0.1) is 4.91 Å². The molecule has 2 aromatic rings. The number of phenolic OH excluding ortho intramolecular Hbond substituents is 2. The average Bonchev–Trinajstić information content (AvgIpc) is 2.92. The molecule has 2 aromatic carbocycles. The molecule has 0 radical (unpaired) electrons. The van der Waals surface area contributed by atoms with Crippen molar-refractivity contribution in [1.82, 2.24) is 4.90 Å². The SMILES string of the molecule is CCc1ccc(/C=C2\SC(=O)N(CCCc3ccc(O)c(O)c3)C2=O)cc1. The van der Waals surface area contributed by atoms with Crippen molar-refractivity contribution in [3.8, 4) is 11.5 Å². The molecule has 0 spiro atoms. The van der Waals surface area contributed by atoms with E-state index in [2.05, 4.69) is 6.92 Å². The van der Waals surface area contributed by atoms with Gasteiger partial charge in [-0.05, 0) is 65.9 Å². The smallest absolute Gasteiger partial charge is 0.293 e. The Morgan fingerprint density at radius 2 is 1.70 bits per heavy atom. The minimum Gasteiger partial charge on any atom is -0.504 e. The first kappa shape index (κ1) is 19.0. The van der Waals surface area contributed by atoms with Crippen LogP contribution in [0.1, 0.15) is 30.0 Å². The molecule has 2 amide bonds. The van der Waals surface area contributed by atoms with Gasteiger partial charge in [-0.2, -0.15) is 0 Å². The van der Waals surface area contributed by atoms with Crippen LogP contribution in [0.25, 0.3) is 6.08 Å². The molecule has 2 N–H and O–H groups in total. The maximum atomic E-state index is 12.5. The third-order valence-electron chi connectivity index (χ3n) is 4.45. The number of amides is 2. The minimum atomic E-state index is -0.266. The van der Waals surface area contributed by atoms with E-state index in [9.17, 15) is 19.8 Å². The Balaban J connectivity index is 1.61. The molecule has 0 unspecified atom stereocenters. The molecule has 3 rings (SSSR count). The molecule has 1 fully saturated rings. The summed E-state index contributed by atoms with van der Waals surface area (Å²) in [6.45, 7) is 2.40. The van der Waals surface area contributed by atoms with Crippen molar-refractivity contribution in [2.45, 2.75) is 26.2 Å². The van der Waals surface area contributed by atoms with Crippen molar-refractivity contribution in [2.24, 2.45) is 0 Å². The second kappa shape index (κ2) is 8.31. The first-order valence-corrected chi connectivity index (χ1v) is 9.64. The number of hydrogen-bond donors (Lipinski definition) is 2. The van der Waals surface area contributed by atoms with Crippen LogP contribution < -0.4 is 0 Å². The van der Waals surface area contributed by atoms with Crippen molar-refractivity contribution >= 4 is 29.0 Å². The highest BCUT2D eigenvalue weighted by Crippen LogP contribution is 2.32. The van der Waals surface area contributed by atoms with E-state index in [0.29, 0.717) is 24.3 Å². The number of nitrogens with zero attached hydrogens (tertiary/aromatic N) is 1. The standard InChI is InChI=1S/C21H21NO4S/c1-2-14-5-7-16(8-6-14)13-19-20(25)22(21(26)27-19)11-3-4-15-9-10-17(23)18(24)12-15/h5-10,12-13,23-24H,2-4,11H2,1H3/b19-13-. The zero-order chi connectivity index (χ0) is 19.4. The number of aromatic hydroxyl groups is 2. The van der Waals surface area contributed by atoms with Crippen molar-refractivity contribution in [2.75, 3.05) is 6.54 Å². The monoisotopic (exact) mass is 383 g/mol. The Hall–Kier alpha value is -2.73. The maximum absolute atomic E-state index is 12.5. The molecule has 1 heterocycles. The van der Waals surface area contributed by atoms with E-state index in [4.69, 9.17) is 0 Å². The first-order valence-electron chi connectivity index (χ1n) is 8.83. The molecular formula is C21H21NO4S. The number of carbonyl (C=O) groups excluding carboxylic acids is 2. The molecular weight excluding hydrogens is 362 g/mol. The van der Waals surface area contributed by atoms with Crippen LogP contribution in [0.2, 0.25) is 0 Å². The molecule has 1 aliphatic rings. The predicted octanol–water partition coefficient (Wildman–Crippen LogP) is 4.33. The topological polar surface area (TPSA) is 77.8 Å². The van der Waals surface area contributed by atoms with E-state index in [1.807, 2.05) is 24.3 Å². The number of thioether (sulfide) groups is 1. The summed E-state index contributed by atoms with van der Waals surface area (Å²) in [5.41, 5.74) is 2.96. The summed E-state index contributed by atoms with van der Waals surface area (Å²) in [5.74, 6) is -0.601. The third kappa shape index (κ3) is 4.52. The van der Waals surface area contributed by atoms with Crippen LogP contribution in [-0.2, 0) is 17.6 Å².